The first kappa shape index (κ1) is 20.9. The minimum absolute atomic E-state index is 0.0264. The first-order valence-corrected chi connectivity index (χ1v) is 12.2. The highest BCUT2D eigenvalue weighted by Gasteiger charge is 2.49. The number of fused-ring (bicyclic) bond motifs is 1. The number of nitrogen functional groups attached to an aromatic ring is 2. The van der Waals surface area contributed by atoms with Crippen molar-refractivity contribution < 1.29 is 14.4 Å². The van der Waals surface area contributed by atoms with Crippen LogP contribution in [0.25, 0.3) is 0 Å². The van der Waals surface area contributed by atoms with Crippen molar-refractivity contribution in [3.8, 4) is 0 Å². The molecule has 0 aromatic carbocycles. The van der Waals surface area contributed by atoms with Gasteiger partial charge in [-0.25, -0.2) is 4.98 Å². The number of thioether (sulfide) groups is 2. The molecule has 0 radical (unpaired) electrons. The highest BCUT2D eigenvalue weighted by atomic mass is 32.2. The molecule has 2 amide bonds. The molecule has 30 heavy (non-hydrogen) atoms. The summed E-state index contributed by atoms with van der Waals surface area (Å²) in [7, 11) is 1.33. The molecule has 2 aliphatic rings. The van der Waals surface area contributed by atoms with Crippen molar-refractivity contribution in [2.24, 2.45) is 5.16 Å². The summed E-state index contributed by atoms with van der Waals surface area (Å²) >= 11 is 5.63. The van der Waals surface area contributed by atoms with E-state index in [1.807, 2.05) is 6.20 Å². The van der Waals surface area contributed by atoms with Gasteiger partial charge in [0, 0.05) is 23.1 Å². The van der Waals surface area contributed by atoms with Crippen molar-refractivity contribution in [2.45, 2.75) is 15.8 Å². The Labute approximate surface area is 187 Å². The molecule has 4 rings (SSSR count). The molecule has 0 aliphatic carbocycles. The molecule has 5 N–H and O–H groups in total. The summed E-state index contributed by atoms with van der Waals surface area (Å²) in [6.45, 7) is 0. The number of carbonyl (C=O) groups is 2. The van der Waals surface area contributed by atoms with Gasteiger partial charge in [-0.15, -0.1) is 33.3 Å². The van der Waals surface area contributed by atoms with E-state index in [0.29, 0.717) is 21.7 Å². The first-order chi connectivity index (χ1) is 14.5. The van der Waals surface area contributed by atoms with Crippen LogP contribution in [-0.4, -0.2) is 67.6 Å². The monoisotopic (exact) mass is 484 g/mol. The van der Waals surface area contributed by atoms with Crippen LogP contribution in [-0.2, 0) is 14.4 Å². The maximum absolute atomic E-state index is 12.7. The Morgan fingerprint density at radius 1 is 1.43 bits per heavy atom. The van der Waals surface area contributed by atoms with E-state index in [1.165, 1.54) is 41.5 Å². The minimum atomic E-state index is -0.644. The summed E-state index contributed by atoms with van der Waals surface area (Å²) in [5, 5.41) is 16.4. The summed E-state index contributed by atoms with van der Waals surface area (Å²) in [6.07, 6.45) is 1.84. The van der Waals surface area contributed by atoms with Crippen molar-refractivity contribution in [3.63, 3.8) is 0 Å². The van der Waals surface area contributed by atoms with E-state index in [4.69, 9.17) is 16.3 Å². The number of hydrogen-bond donors (Lipinski definition) is 3. The number of nitrogens with two attached hydrogens (primary N) is 2. The van der Waals surface area contributed by atoms with Crippen molar-refractivity contribution in [1.29, 1.82) is 0 Å². The van der Waals surface area contributed by atoms with Gasteiger partial charge in [0.15, 0.2) is 15.2 Å². The number of amides is 2. The van der Waals surface area contributed by atoms with Gasteiger partial charge >= 0.3 is 0 Å². The summed E-state index contributed by atoms with van der Waals surface area (Å²) in [4.78, 5) is 35.7. The normalized spacial score (nSPS) is 21.0. The first-order valence-electron chi connectivity index (χ1n) is 8.44. The van der Waals surface area contributed by atoms with Crippen LogP contribution in [0.4, 0.5) is 10.3 Å². The molecular formula is C15H16N8O3S4. The van der Waals surface area contributed by atoms with Gasteiger partial charge in [-0.1, -0.05) is 28.3 Å². The lowest BCUT2D eigenvalue weighted by atomic mass is 10.1. The Morgan fingerprint density at radius 2 is 2.27 bits per heavy atom. The number of carbonyl (C=O) groups excluding carboxylic acids is 2. The Morgan fingerprint density at radius 3 is 2.93 bits per heavy atom. The second-order valence-corrected chi connectivity index (χ2v) is 10.3. The third-order valence-corrected chi connectivity index (χ3v) is 8.14. The van der Waals surface area contributed by atoms with Crippen molar-refractivity contribution in [2.75, 3.05) is 30.1 Å². The number of oxime groups is 1. The van der Waals surface area contributed by atoms with Crippen LogP contribution in [0.2, 0.25) is 0 Å². The van der Waals surface area contributed by atoms with Crippen LogP contribution >= 0.6 is 46.2 Å². The molecule has 1 saturated heterocycles. The second-order valence-electron chi connectivity index (χ2n) is 6.07. The smallest absolute Gasteiger partial charge is 0.276 e. The predicted octanol–water partition coefficient (Wildman–Crippen LogP) is 0.586. The number of anilines is 2. The zero-order valence-electron chi connectivity index (χ0n) is 15.5. The molecule has 2 aliphatic heterocycles. The van der Waals surface area contributed by atoms with Gasteiger partial charge in [0.1, 0.15) is 24.2 Å². The van der Waals surface area contributed by atoms with E-state index in [1.54, 1.807) is 22.0 Å². The number of thiazole rings is 1. The van der Waals surface area contributed by atoms with Crippen LogP contribution in [0.1, 0.15) is 5.69 Å². The summed E-state index contributed by atoms with van der Waals surface area (Å²) < 4.78 is 0.785. The second kappa shape index (κ2) is 8.79. The molecule has 0 bridgehead atoms. The van der Waals surface area contributed by atoms with Crippen LogP contribution in [0.15, 0.2) is 26.6 Å². The average Bonchev–Trinajstić information content (AvgIpc) is 3.36. The third-order valence-electron chi connectivity index (χ3n) is 4.09. The van der Waals surface area contributed by atoms with E-state index >= 15 is 0 Å². The maximum Gasteiger partial charge on any atom is 0.276 e. The number of hydrogen-bond acceptors (Lipinski definition) is 13. The van der Waals surface area contributed by atoms with Crippen LogP contribution < -0.4 is 16.8 Å². The molecule has 158 valence electrons. The van der Waals surface area contributed by atoms with E-state index in [0.717, 1.165) is 15.7 Å². The Kier molecular flexibility index (Phi) is 6.12. The Bertz CT molecular complexity index is 1030. The van der Waals surface area contributed by atoms with Gasteiger partial charge < -0.3 is 26.5 Å². The van der Waals surface area contributed by atoms with Gasteiger partial charge in [0.05, 0.1) is 0 Å². The van der Waals surface area contributed by atoms with Gasteiger partial charge in [-0.05, 0) is 5.57 Å². The molecule has 0 spiro atoms. The van der Waals surface area contributed by atoms with E-state index in [9.17, 15) is 9.59 Å². The van der Waals surface area contributed by atoms with Crippen molar-refractivity contribution in [1.82, 2.24) is 25.4 Å². The fourth-order valence-corrected chi connectivity index (χ4v) is 6.31. The van der Waals surface area contributed by atoms with Gasteiger partial charge in [-0.3, -0.25) is 9.59 Å². The molecule has 2 aromatic rings. The quantitative estimate of drug-likeness (QED) is 0.219. The fraction of sp³-hybridized carbons (Fsp3) is 0.333. The van der Waals surface area contributed by atoms with Crippen LogP contribution in [0, 0.1) is 0 Å². The molecule has 4 heterocycles. The maximum atomic E-state index is 12.7. The van der Waals surface area contributed by atoms with E-state index in [-0.39, 0.29) is 17.0 Å². The summed E-state index contributed by atoms with van der Waals surface area (Å²) in [5.74, 6) is 0.701. The van der Waals surface area contributed by atoms with E-state index < -0.39 is 11.9 Å². The van der Waals surface area contributed by atoms with Gasteiger partial charge in [-0.2, -0.15) is 0 Å². The predicted molar refractivity (Wildman–Crippen MR) is 118 cm³/mol. The Hall–Kier alpha value is -2.36. The number of nitrogens with zero attached hydrogens (tertiary/aromatic N) is 5. The minimum Gasteiger partial charge on any atom is -0.398 e. The fourth-order valence-electron chi connectivity index (χ4n) is 2.77. The average molecular weight is 485 g/mol. The number of β-lactam (4-membered cyclic amide) rings is 1. The molecule has 2 atom stereocenters. The summed E-state index contributed by atoms with van der Waals surface area (Å²) in [5.41, 5.74) is 12.6. The number of nitrogens with one attached hydrogen (secondary N) is 1. The lowest BCUT2D eigenvalue weighted by molar-refractivity contribution is -0.143. The zero-order chi connectivity index (χ0) is 21.3. The Balaban J connectivity index is 1.37. The molecule has 1 fully saturated rings. The molecule has 2 aromatic heterocycles. The topological polar surface area (TPSA) is 162 Å². The molecule has 11 nitrogen and oxygen atoms in total. The highest BCUT2D eigenvalue weighted by molar-refractivity contribution is 8.01. The standard InChI is InChI=1S/C15H16N8O3S4/c1-26-22-8(7-5-28-13(16)18-7)10(24)19-9-11(25)23-2-6(3-27-12(9)23)4-29-15-21-20-14(17)30-15/h2,5,9,12H,3-4H2,1H3,(H2,16,18)(H2,17,20)(H,19,24)/t9-,12+/m1/s1. The summed E-state index contributed by atoms with van der Waals surface area (Å²) in [6, 6.07) is -0.644. The van der Waals surface area contributed by atoms with Crippen molar-refractivity contribution >= 4 is 74.0 Å². The van der Waals surface area contributed by atoms with Crippen LogP contribution in [0.3, 0.4) is 0 Å². The molecule has 0 saturated carbocycles. The number of aromatic nitrogens is 3. The zero-order valence-corrected chi connectivity index (χ0v) is 18.7. The molecular weight excluding hydrogens is 468 g/mol. The van der Waals surface area contributed by atoms with Crippen LogP contribution in [0.5, 0.6) is 0 Å². The van der Waals surface area contributed by atoms with Gasteiger partial charge in [0.25, 0.3) is 11.8 Å². The molecule has 15 heteroatoms. The van der Waals surface area contributed by atoms with E-state index in [2.05, 4.69) is 25.7 Å². The van der Waals surface area contributed by atoms with Crippen molar-refractivity contribution in [3.05, 3.63) is 22.8 Å². The number of rotatable bonds is 7. The third kappa shape index (κ3) is 4.23. The highest BCUT2D eigenvalue weighted by Crippen LogP contribution is 2.37. The lowest BCUT2D eigenvalue weighted by Gasteiger charge is -2.47. The lowest BCUT2D eigenvalue weighted by Crippen LogP contribution is -2.69. The van der Waals surface area contributed by atoms with Gasteiger partial charge in [0.2, 0.25) is 5.13 Å². The SMILES string of the molecule is CON=C(C(=O)N[C@@H]1C(=O)N2C=C(CSc3nnc(N)s3)CS[C@@H]12)c1csc(N)n1. The largest absolute Gasteiger partial charge is 0.398 e. The molecule has 0 unspecified atom stereocenters.